The lowest BCUT2D eigenvalue weighted by molar-refractivity contribution is -0.140. The molecule has 0 radical (unpaired) electrons. The highest BCUT2D eigenvalue weighted by atomic mass is 35.5. The minimum atomic E-state index is -4.14. The third kappa shape index (κ3) is 8.24. The number of hydrogen-bond donors (Lipinski definition) is 1. The van der Waals surface area contributed by atoms with Crippen molar-refractivity contribution < 1.29 is 18.0 Å². The van der Waals surface area contributed by atoms with Crippen LogP contribution < -0.4 is 9.62 Å². The maximum atomic E-state index is 14.4. The SMILES string of the molecule is Cc1ccc(N(CC(=O)N(Cc2ccccc2Cl)[C@H](Cc2ccccc2)C(=O)NC(C)C)S(=O)(=O)c2ccccc2)cc1. The van der Waals surface area contributed by atoms with Crippen molar-refractivity contribution in [1.82, 2.24) is 10.2 Å². The number of nitrogens with zero attached hydrogens (tertiary/aromatic N) is 2. The van der Waals surface area contributed by atoms with Gasteiger partial charge in [-0.2, -0.15) is 0 Å². The van der Waals surface area contributed by atoms with Gasteiger partial charge < -0.3 is 10.2 Å². The predicted molar refractivity (Wildman–Crippen MR) is 171 cm³/mol. The quantitative estimate of drug-likeness (QED) is 0.211. The van der Waals surface area contributed by atoms with Gasteiger partial charge in [-0.1, -0.05) is 96.0 Å². The molecule has 0 unspecified atom stereocenters. The van der Waals surface area contributed by atoms with Gasteiger partial charge in [0, 0.05) is 24.0 Å². The van der Waals surface area contributed by atoms with Gasteiger partial charge in [-0.05, 0) is 62.2 Å². The maximum absolute atomic E-state index is 14.4. The van der Waals surface area contributed by atoms with E-state index in [0.717, 1.165) is 15.4 Å². The van der Waals surface area contributed by atoms with Crippen molar-refractivity contribution in [1.29, 1.82) is 0 Å². The Morgan fingerprint density at radius 2 is 1.40 bits per heavy atom. The second-order valence-electron chi connectivity index (χ2n) is 10.6. The Morgan fingerprint density at radius 1 is 0.814 bits per heavy atom. The Morgan fingerprint density at radius 3 is 2.00 bits per heavy atom. The summed E-state index contributed by atoms with van der Waals surface area (Å²) in [7, 11) is -4.14. The van der Waals surface area contributed by atoms with Crippen LogP contribution in [0.3, 0.4) is 0 Å². The second-order valence-corrected chi connectivity index (χ2v) is 12.9. The number of hydrogen-bond acceptors (Lipinski definition) is 4. The third-order valence-corrected chi connectivity index (χ3v) is 9.09. The van der Waals surface area contributed by atoms with Gasteiger partial charge in [0.05, 0.1) is 10.6 Å². The summed E-state index contributed by atoms with van der Waals surface area (Å²) in [4.78, 5) is 29.6. The molecule has 0 aromatic heterocycles. The first-order chi connectivity index (χ1) is 20.6. The Kier molecular flexibility index (Phi) is 10.6. The zero-order valence-corrected chi connectivity index (χ0v) is 26.1. The predicted octanol–water partition coefficient (Wildman–Crippen LogP) is 6.01. The number of halogens is 1. The van der Waals surface area contributed by atoms with Crippen LogP contribution in [-0.4, -0.2) is 43.8 Å². The van der Waals surface area contributed by atoms with Crippen LogP contribution in [0.2, 0.25) is 5.02 Å². The zero-order chi connectivity index (χ0) is 31.0. The minimum absolute atomic E-state index is 0.00858. The topological polar surface area (TPSA) is 86.8 Å². The van der Waals surface area contributed by atoms with Gasteiger partial charge in [-0.3, -0.25) is 13.9 Å². The van der Waals surface area contributed by atoms with Crippen molar-refractivity contribution in [3.63, 3.8) is 0 Å². The number of benzene rings is 4. The van der Waals surface area contributed by atoms with Crippen molar-refractivity contribution in [3.8, 4) is 0 Å². The number of carbonyl (C=O) groups excluding carboxylic acids is 2. The van der Waals surface area contributed by atoms with Gasteiger partial charge in [0.15, 0.2) is 0 Å². The van der Waals surface area contributed by atoms with E-state index >= 15 is 0 Å². The monoisotopic (exact) mass is 617 g/mol. The van der Waals surface area contributed by atoms with Crippen molar-refractivity contribution in [2.24, 2.45) is 0 Å². The molecule has 0 heterocycles. The van der Waals surface area contributed by atoms with Gasteiger partial charge >= 0.3 is 0 Å². The molecule has 0 fully saturated rings. The van der Waals surface area contributed by atoms with E-state index in [-0.39, 0.29) is 29.8 Å². The Balaban J connectivity index is 1.80. The van der Waals surface area contributed by atoms with Crippen LogP contribution in [0.15, 0.2) is 114 Å². The largest absolute Gasteiger partial charge is 0.352 e. The minimum Gasteiger partial charge on any atom is -0.352 e. The molecule has 4 aromatic rings. The van der Waals surface area contributed by atoms with Gasteiger partial charge in [-0.25, -0.2) is 8.42 Å². The molecule has 0 aliphatic rings. The highest BCUT2D eigenvalue weighted by Gasteiger charge is 2.35. The Hall–Kier alpha value is -4.14. The van der Waals surface area contributed by atoms with E-state index in [0.29, 0.717) is 16.3 Å². The molecular formula is C34H36ClN3O4S. The van der Waals surface area contributed by atoms with Gasteiger partial charge in [0.25, 0.3) is 10.0 Å². The smallest absolute Gasteiger partial charge is 0.264 e. The van der Waals surface area contributed by atoms with Crippen LogP contribution in [0, 0.1) is 6.92 Å². The third-order valence-electron chi connectivity index (χ3n) is 6.93. The Bertz CT molecular complexity index is 1630. The number of carbonyl (C=O) groups is 2. The fourth-order valence-electron chi connectivity index (χ4n) is 4.70. The lowest BCUT2D eigenvalue weighted by Crippen LogP contribution is -2.54. The van der Waals surface area contributed by atoms with Crippen LogP contribution in [0.5, 0.6) is 0 Å². The van der Waals surface area contributed by atoms with Crippen molar-refractivity contribution in [3.05, 3.63) is 131 Å². The number of aryl methyl sites for hydroxylation is 1. The zero-order valence-electron chi connectivity index (χ0n) is 24.5. The van der Waals surface area contributed by atoms with Crippen molar-refractivity contribution >= 4 is 39.1 Å². The van der Waals surface area contributed by atoms with Crippen LogP contribution in [-0.2, 0) is 32.6 Å². The molecule has 4 aromatic carbocycles. The normalized spacial score (nSPS) is 12.0. The summed E-state index contributed by atoms with van der Waals surface area (Å²) in [6.07, 6.45) is 0.228. The summed E-state index contributed by atoms with van der Waals surface area (Å²) in [6.45, 7) is 5.09. The summed E-state index contributed by atoms with van der Waals surface area (Å²) in [5.74, 6) is -0.883. The van der Waals surface area contributed by atoms with E-state index in [2.05, 4.69) is 5.32 Å². The first-order valence-corrected chi connectivity index (χ1v) is 15.9. The summed E-state index contributed by atoms with van der Waals surface area (Å²) in [5, 5.41) is 3.39. The van der Waals surface area contributed by atoms with Crippen LogP contribution in [0.25, 0.3) is 0 Å². The average Bonchev–Trinajstić information content (AvgIpc) is 2.99. The molecule has 0 bridgehead atoms. The average molecular weight is 618 g/mol. The lowest BCUT2D eigenvalue weighted by atomic mass is 10.0. The van der Waals surface area contributed by atoms with Crippen molar-refractivity contribution in [2.75, 3.05) is 10.8 Å². The van der Waals surface area contributed by atoms with Crippen LogP contribution in [0.4, 0.5) is 5.69 Å². The number of rotatable bonds is 12. The molecule has 224 valence electrons. The van der Waals surface area contributed by atoms with E-state index in [9.17, 15) is 18.0 Å². The number of sulfonamides is 1. The van der Waals surface area contributed by atoms with E-state index in [1.807, 2.05) is 57.2 Å². The molecule has 1 N–H and O–H groups in total. The molecule has 0 saturated heterocycles. The maximum Gasteiger partial charge on any atom is 0.264 e. The van der Waals surface area contributed by atoms with Crippen LogP contribution in [0.1, 0.15) is 30.5 Å². The first-order valence-electron chi connectivity index (χ1n) is 14.1. The standard InChI is InChI=1S/C34H36ClN3O4S/c1-25(2)36-34(40)32(22-27-12-6-4-7-13-27)37(23-28-14-10-11-17-31(28)35)33(39)24-38(29-20-18-26(3)19-21-29)43(41,42)30-15-8-5-9-16-30/h4-21,25,32H,22-24H2,1-3H3,(H,36,40)/t32-/m1/s1. The fraction of sp³-hybridized carbons (Fsp3) is 0.235. The highest BCUT2D eigenvalue weighted by Crippen LogP contribution is 2.26. The first kappa shape index (κ1) is 31.8. The number of amides is 2. The van der Waals surface area contributed by atoms with E-state index in [1.54, 1.807) is 60.7 Å². The summed E-state index contributed by atoms with van der Waals surface area (Å²) < 4.78 is 29.1. The lowest BCUT2D eigenvalue weighted by Gasteiger charge is -2.34. The molecule has 43 heavy (non-hydrogen) atoms. The molecule has 0 aliphatic heterocycles. The van der Waals surface area contributed by atoms with Crippen molar-refractivity contribution in [2.45, 2.75) is 50.7 Å². The Labute approximate surface area is 259 Å². The number of anilines is 1. The summed E-state index contributed by atoms with van der Waals surface area (Å²) in [5.41, 5.74) is 2.78. The molecule has 0 spiro atoms. The summed E-state index contributed by atoms with van der Waals surface area (Å²) >= 11 is 6.53. The molecular weight excluding hydrogens is 582 g/mol. The van der Waals surface area contributed by atoms with Gasteiger partial charge in [-0.15, -0.1) is 0 Å². The molecule has 1 atom stereocenters. The second kappa shape index (κ2) is 14.4. The van der Waals surface area contributed by atoms with E-state index in [1.165, 1.54) is 17.0 Å². The number of nitrogens with one attached hydrogen (secondary N) is 1. The molecule has 9 heteroatoms. The molecule has 0 saturated carbocycles. The molecule has 2 amide bonds. The van der Waals surface area contributed by atoms with E-state index in [4.69, 9.17) is 11.6 Å². The van der Waals surface area contributed by atoms with E-state index < -0.39 is 28.5 Å². The van der Waals surface area contributed by atoms with Crippen LogP contribution >= 0.6 is 11.6 Å². The fourth-order valence-corrected chi connectivity index (χ4v) is 6.33. The van der Waals surface area contributed by atoms with Gasteiger partial charge in [0.1, 0.15) is 12.6 Å². The van der Waals surface area contributed by atoms with Gasteiger partial charge in [0.2, 0.25) is 11.8 Å². The molecule has 0 aliphatic carbocycles. The molecule has 4 rings (SSSR count). The highest BCUT2D eigenvalue weighted by molar-refractivity contribution is 7.92. The molecule has 7 nitrogen and oxygen atoms in total. The summed E-state index contributed by atoms with van der Waals surface area (Å²) in [6, 6.07) is 30.4.